The molecule has 0 radical (unpaired) electrons. The number of amides is 1. The summed E-state index contributed by atoms with van der Waals surface area (Å²) in [5, 5.41) is 8.19. The topological polar surface area (TPSA) is 57.6 Å². The Kier molecular flexibility index (Phi) is 5.12. The van der Waals surface area contributed by atoms with E-state index < -0.39 is 11.2 Å². The van der Waals surface area contributed by atoms with Crippen molar-refractivity contribution in [2.75, 3.05) is 18.8 Å². The molecule has 0 aromatic rings. The highest BCUT2D eigenvalue weighted by Gasteiger charge is 2.22. The molecule has 0 aliphatic carbocycles. The van der Waals surface area contributed by atoms with Gasteiger partial charge in [-0.1, -0.05) is 6.92 Å². The van der Waals surface area contributed by atoms with Crippen LogP contribution in [0.1, 0.15) is 26.7 Å². The molecule has 5 heteroatoms. The SMILES string of the molecule is CC1CCCN(C(=O)CSC(C)C(=O)O)C1. The van der Waals surface area contributed by atoms with Crippen LogP contribution in [0.4, 0.5) is 0 Å². The van der Waals surface area contributed by atoms with Gasteiger partial charge >= 0.3 is 5.97 Å². The fraction of sp³-hybridized carbons (Fsp3) is 0.818. The van der Waals surface area contributed by atoms with E-state index in [1.807, 2.05) is 4.90 Å². The van der Waals surface area contributed by atoms with Gasteiger partial charge in [0, 0.05) is 13.1 Å². The summed E-state index contributed by atoms with van der Waals surface area (Å²) in [6.07, 6.45) is 2.24. The zero-order valence-corrected chi connectivity index (χ0v) is 10.6. The predicted molar refractivity (Wildman–Crippen MR) is 64.5 cm³/mol. The standard InChI is InChI=1S/C11H19NO3S/c1-8-4-3-5-12(6-8)10(13)7-16-9(2)11(14)15/h8-9H,3-7H2,1-2H3,(H,14,15). The van der Waals surface area contributed by atoms with Crippen molar-refractivity contribution in [2.24, 2.45) is 5.92 Å². The molecule has 1 N–H and O–H groups in total. The van der Waals surface area contributed by atoms with Crippen molar-refractivity contribution in [1.82, 2.24) is 4.90 Å². The second-order valence-electron chi connectivity index (χ2n) is 4.38. The maximum absolute atomic E-state index is 11.8. The van der Waals surface area contributed by atoms with Crippen LogP contribution in [-0.4, -0.2) is 46.0 Å². The molecule has 0 aromatic heterocycles. The molecule has 2 atom stereocenters. The molecule has 92 valence electrons. The number of carboxylic acids is 1. The van der Waals surface area contributed by atoms with E-state index in [9.17, 15) is 9.59 Å². The summed E-state index contributed by atoms with van der Waals surface area (Å²) in [5.74, 6) is 0.0641. The molecule has 16 heavy (non-hydrogen) atoms. The Morgan fingerprint density at radius 2 is 2.25 bits per heavy atom. The molecule has 1 rings (SSSR count). The number of nitrogens with zero attached hydrogens (tertiary/aromatic N) is 1. The Labute approximate surface area is 100 Å². The third-order valence-electron chi connectivity index (χ3n) is 2.81. The van der Waals surface area contributed by atoms with Gasteiger partial charge in [-0.15, -0.1) is 11.8 Å². The molecule has 0 saturated carbocycles. The van der Waals surface area contributed by atoms with Gasteiger partial charge in [-0.25, -0.2) is 0 Å². The van der Waals surface area contributed by atoms with Gasteiger partial charge in [0.15, 0.2) is 0 Å². The lowest BCUT2D eigenvalue weighted by Gasteiger charge is -2.31. The van der Waals surface area contributed by atoms with Crippen molar-refractivity contribution in [3.8, 4) is 0 Å². The van der Waals surface area contributed by atoms with Gasteiger partial charge in [-0.3, -0.25) is 9.59 Å². The van der Waals surface area contributed by atoms with Crippen LogP contribution < -0.4 is 0 Å². The molecule has 2 unspecified atom stereocenters. The van der Waals surface area contributed by atoms with Crippen LogP contribution >= 0.6 is 11.8 Å². The number of likely N-dealkylation sites (tertiary alicyclic amines) is 1. The van der Waals surface area contributed by atoms with Crippen LogP contribution in [0.5, 0.6) is 0 Å². The summed E-state index contributed by atoms with van der Waals surface area (Å²) < 4.78 is 0. The first-order valence-corrected chi connectivity index (χ1v) is 6.67. The molecule has 0 spiro atoms. The Morgan fingerprint density at radius 1 is 1.56 bits per heavy atom. The highest BCUT2D eigenvalue weighted by atomic mass is 32.2. The van der Waals surface area contributed by atoms with Crippen LogP contribution in [0.15, 0.2) is 0 Å². The highest BCUT2D eigenvalue weighted by molar-refractivity contribution is 8.01. The van der Waals surface area contributed by atoms with Crippen molar-refractivity contribution < 1.29 is 14.7 Å². The van der Waals surface area contributed by atoms with Crippen molar-refractivity contribution in [1.29, 1.82) is 0 Å². The highest BCUT2D eigenvalue weighted by Crippen LogP contribution is 2.18. The van der Waals surface area contributed by atoms with Gasteiger partial charge in [0.25, 0.3) is 0 Å². The zero-order valence-electron chi connectivity index (χ0n) is 9.81. The maximum Gasteiger partial charge on any atom is 0.316 e. The molecule has 1 aliphatic heterocycles. The van der Waals surface area contributed by atoms with Gasteiger partial charge in [0.05, 0.1) is 11.0 Å². The van der Waals surface area contributed by atoms with Gasteiger partial charge in [0.2, 0.25) is 5.91 Å². The third kappa shape index (κ3) is 4.04. The number of hydrogen-bond acceptors (Lipinski definition) is 3. The number of aliphatic carboxylic acids is 1. The molecule has 4 nitrogen and oxygen atoms in total. The van der Waals surface area contributed by atoms with Crippen LogP contribution in [0.3, 0.4) is 0 Å². The predicted octanol–water partition coefficient (Wildman–Crippen LogP) is 1.45. The first kappa shape index (κ1) is 13.4. The van der Waals surface area contributed by atoms with E-state index >= 15 is 0 Å². The lowest BCUT2D eigenvalue weighted by atomic mass is 10.0. The summed E-state index contributed by atoms with van der Waals surface area (Å²) in [6.45, 7) is 5.40. The third-order valence-corrected chi connectivity index (χ3v) is 3.93. The smallest absolute Gasteiger partial charge is 0.316 e. The van der Waals surface area contributed by atoms with Crippen molar-refractivity contribution >= 4 is 23.6 Å². The van der Waals surface area contributed by atoms with Crippen LogP contribution in [0.25, 0.3) is 0 Å². The van der Waals surface area contributed by atoms with Gasteiger partial charge in [-0.05, 0) is 25.7 Å². The number of hydrogen-bond donors (Lipinski definition) is 1. The van der Waals surface area contributed by atoms with Crippen LogP contribution in [-0.2, 0) is 9.59 Å². The molecule has 0 aromatic carbocycles. The number of thioether (sulfide) groups is 1. The summed E-state index contributed by atoms with van der Waals surface area (Å²) in [7, 11) is 0. The van der Waals surface area contributed by atoms with E-state index in [1.54, 1.807) is 6.92 Å². The molecular weight excluding hydrogens is 226 g/mol. The van der Waals surface area contributed by atoms with Crippen molar-refractivity contribution in [3.63, 3.8) is 0 Å². The molecule has 1 aliphatic rings. The summed E-state index contributed by atoms with van der Waals surface area (Å²) in [6, 6.07) is 0. The van der Waals surface area contributed by atoms with Gasteiger partial charge in [-0.2, -0.15) is 0 Å². The van der Waals surface area contributed by atoms with Gasteiger partial charge in [0.1, 0.15) is 0 Å². The average Bonchev–Trinajstić information content (AvgIpc) is 2.25. The van der Waals surface area contributed by atoms with E-state index in [-0.39, 0.29) is 11.7 Å². The number of piperidine rings is 1. The average molecular weight is 245 g/mol. The van der Waals surface area contributed by atoms with E-state index in [0.717, 1.165) is 19.5 Å². The Bertz CT molecular complexity index is 270. The molecule has 0 bridgehead atoms. The first-order chi connectivity index (χ1) is 7.50. The van der Waals surface area contributed by atoms with E-state index in [2.05, 4.69) is 6.92 Å². The van der Waals surface area contributed by atoms with E-state index in [1.165, 1.54) is 18.2 Å². The van der Waals surface area contributed by atoms with Crippen molar-refractivity contribution in [2.45, 2.75) is 31.9 Å². The summed E-state index contributed by atoms with van der Waals surface area (Å²) in [4.78, 5) is 24.2. The number of rotatable bonds is 4. The van der Waals surface area contributed by atoms with Gasteiger partial charge < -0.3 is 10.0 Å². The zero-order chi connectivity index (χ0) is 12.1. The maximum atomic E-state index is 11.8. The minimum absolute atomic E-state index is 0.0737. The molecule has 1 amide bonds. The Balaban J connectivity index is 2.31. The van der Waals surface area contributed by atoms with E-state index in [4.69, 9.17) is 5.11 Å². The van der Waals surface area contributed by atoms with E-state index in [0.29, 0.717) is 5.92 Å². The number of carboxylic acid groups (broad SMARTS) is 1. The lowest BCUT2D eigenvalue weighted by Crippen LogP contribution is -2.40. The second-order valence-corrected chi connectivity index (χ2v) is 5.71. The van der Waals surface area contributed by atoms with Crippen LogP contribution in [0, 0.1) is 5.92 Å². The number of carbonyl (C=O) groups excluding carboxylic acids is 1. The largest absolute Gasteiger partial charge is 0.480 e. The minimum Gasteiger partial charge on any atom is -0.480 e. The monoisotopic (exact) mass is 245 g/mol. The van der Waals surface area contributed by atoms with Crippen molar-refractivity contribution in [3.05, 3.63) is 0 Å². The minimum atomic E-state index is -0.857. The number of carbonyl (C=O) groups is 2. The lowest BCUT2D eigenvalue weighted by molar-refractivity contribution is -0.136. The molecule has 1 heterocycles. The fourth-order valence-corrected chi connectivity index (χ4v) is 2.49. The summed E-state index contributed by atoms with van der Waals surface area (Å²) in [5.41, 5.74) is 0. The second kappa shape index (κ2) is 6.13. The molecular formula is C11H19NO3S. The Hall–Kier alpha value is -0.710. The first-order valence-electron chi connectivity index (χ1n) is 5.63. The summed E-state index contributed by atoms with van der Waals surface area (Å²) >= 11 is 1.20. The molecule has 1 saturated heterocycles. The van der Waals surface area contributed by atoms with Crippen LogP contribution in [0.2, 0.25) is 0 Å². The normalized spacial score (nSPS) is 22.9. The Morgan fingerprint density at radius 3 is 2.81 bits per heavy atom. The fourth-order valence-electron chi connectivity index (χ4n) is 1.77. The quantitative estimate of drug-likeness (QED) is 0.814. The molecule has 1 fully saturated rings.